The number of pyridine rings is 1. The number of hydrogen-bond donors (Lipinski definition) is 2. The van der Waals surface area contributed by atoms with Crippen LogP contribution in [0.2, 0.25) is 5.02 Å². The van der Waals surface area contributed by atoms with Gasteiger partial charge in [-0.15, -0.1) is 0 Å². The number of carbonyl (C=O) groups excluding carboxylic acids is 1. The minimum absolute atomic E-state index is 0.0499. The number of nitrogens with one attached hydrogen (secondary N) is 1. The molecule has 3 rings (SSSR count). The molecule has 1 fully saturated rings. The van der Waals surface area contributed by atoms with Gasteiger partial charge in [-0.1, -0.05) is 23.7 Å². The molecule has 0 saturated heterocycles. The van der Waals surface area contributed by atoms with Crippen LogP contribution >= 0.6 is 11.6 Å². The molecular formula is C15H16ClN3O. The van der Waals surface area contributed by atoms with E-state index in [2.05, 4.69) is 10.3 Å². The lowest BCUT2D eigenvalue weighted by atomic mass is 10.2. The van der Waals surface area contributed by atoms with Gasteiger partial charge in [0.1, 0.15) is 5.69 Å². The highest BCUT2D eigenvalue weighted by atomic mass is 35.5. The standard InChI is InChI=1S/C15H16ClN3O/c16-11-5-3-10-4-6-13(19-14(10)7-11)15(20)18-8-12(17)9-1-2-9/h3-7,9,12H,1-2,8,17H2,(H,18,20). The van der Waals surface area contributed by atoms with Gasteiger partial charge in [0.25, 0.3) is 5.91 Å². The lowest BCUT2D eigenvalue weighted by molar-refractivity contribution is 0.0945. The molecule has 5 heteroatoms. The first kappa shape index (κ1) is 13.3. The van der Waals surface area contributed by atoms with Crippen molar-refractivity contribution in [3.63, 3.8) is 0 Å². The van der Waals surface area contributed by atoms with Gasteiger partial charge >= 0.3 is 0 Å². The number of fused-ring (bicyclic) bond motifs is 1. The predicted molar refractivity (Wildman–Crippen MR) is 79.8 cm³/mol. The first-order valence-corrected chi connectivity index (χ1v) is 7.11. The zero-order chi connectivity index (χ0) is 14.1. The summed E-state index contributed by atoms with van der Waals surface area (Å²) in [6.07, 6.45) is 2.34. The van der Waals surface area contributed by atoms with Crippen LogP contribution in [0.25, 0.3) is 10.9 Å². The van der Waals surface area contributed by atoms with Gasteiger partial charge in [-0.25, -0.2) is 4.98 Å². The molecule has 1 unspecified atom stereocenters. The molecule has 1 aliphatic carbocycles. The van der Waals surface area contributed by atoms with E-state index in [1.807, 2.05) is 12.1 Å². The zero-order valence-corrected chi connectivity index (χ0v) is 11.7. The highest BCUT2D eigenvalue weighted by Gasteiger charge is 2.28. The molecule has 104 valence electrons. The Balaban J connectivity index is 1.73. The minimum atomic E-state index is -0.192. The van der Waals surface area contributed by atoms with Gasteiger partial charge in [-0.05, 0) is 37.0 Å². The van der Waals surface area contributed by atoms with Crippen molar-refractivity contribution in [2.24, 2.45) is 11.7 Å². The Morgan fingerprint density at radius 2 is 2.15 bits per heavy atom. The molecule has 4 nitrogen and oxygen atoms in total. The largest absolute Gasteiger partial charge is 0.349 e. The molecule has 0 radical (unpaired) electrons. The molecule has 1 atom stereocenters. The fourth-order valence-electron chi connectivity index (χ4n) is 2.21. The number of rotatable bonds is 4. The van der Waals surface area contributed by atoms with E-state index >= 15 is 0 Å². The topological polar surface area (TPSA) is 68.0 Å². The summed E-state index contributed by atoms with van der Waals surface area (Å²) in [5.41, 5.74) is 7.07. The maximum Gasteiger partial charge on any atom is 0.269 e. The first-order chi connectivity index (χ1) is 9.63. The fourth-order valence-corrected chi connectivity index (χ4v) is 2.38. The van der Waals surface area contributed by atoms with Gasteiger partial charge in [0.2, 0.25) is 0 Å². The van der Waals surface area contributed by atoms with Gasteiger partial charge in [0.15, 0.2) is 0 Å². The molecule has 1 aromatic heterocycles. The van der Waals surface area contributed by atoms with E-state index in [9.17, 15) is 4.79 Å². The monoisotopic (exact) mass is 289 g/mol. The number of amides is 1. The second kappa shape index (κ2) is 5.38. The Labute approximate surface area is 122 Å². The molecule has 1 heterocycles. The van der Waals surface area contributed by atoms with Crippen LogP contribution in [0.3, 0.4) is 0 Å². The van der Waals surface area contributed by atoms with Gasteiger partial charge in [0.05, 0.1) is 5.52 Å². The first-order valence-electron chi connectivity index (χ1n) is 6.73. The summed E-state index contributed by atoms with van der Waals surface area (Å²) in [5, 5.41) is 4.41. The third-order valence-electron chi connectivity index (χ3n) is 3.61. The number of nitrogens with two attached hydrogens (primary N) is 1. The Morgan fingerprint density at radius 1 is 1.40 bits per heavy atom. The van der Waals surface area contributed by atoms with Crippen molar-refractivity contribution in [3.05, 3.63) is 41.0 Å². The number of benzene rings is 1. The highest BCUT2D eigenvalue weighted by molar-refractivity contribution is 6.31. The molecule has 0 aliphatic heterocycles. The summed E-state index contributed by atoms with van der Waals surface area (Å²) in [4.78, 5) is 16.4. The summed E-state index contributed by atoms with van der Waals surface area (Å²) < 4.78 is 0. The van der Waals surface area contributed by atoms with Crippen LogP contribution in [0.5, 0.6) is 0 Å². The summed E-state index contributed by atoms with van der Waals surface area (Å²) in [7, 11) is 0. The van der Waals surface area contributed by atoms with E-state index in [-0.39, 0.29) is 11.9 Å². The Hall–Kier alpha value is -1.65. The van der Waals surface area contributed by atoms with Gasteiger partial charge in [-0.2, -0.15) is 0 Å². The van der Waals surface area contributed by atoms with E-state index in [0.717, 1.165) is 10.9 Å². The van der Waals surface area contributed by atoms with Gasteiger partial charge < -0.3 is 11.1 Å². The lowest BCUT2D eigenvalue weighted by Crippen LogP contribution is -2.38. The molecule has 2 aromatic rings. The highest BCUT2D eigenvalue weighted by Crippen LogP contribution is 2.31. The molecular weight excluding hydrogens is 274 g/mol. The van der Waals surface area contributed by atoms with Crippen molar-refractivity contribution < 1.29 is 4.79 Å². The number of halogens is 1. The lowest BCUT2D eigenvalue weighted by Gasteiger charge is -2.11. The number of aromatic nitrogens is 1. The molecule has 1 aromatic carbocycles. The Morgan fingerprint density at radius 3 is 2.90 bits per heavy atom. The summed E-state index contributed by atoms with van der Waals surface area (Å²) in [5.74, 6) is 0.377. The van der Waals surface area contributed by atoms with Gasteiger partial charge in [0, 0.05) is 23.0 Å². The van der Waals surface area contributed by atoms with E-state index < -0.39 is 0 Å². The summed E-state index contributed by atoms with van der Waals surface area (Å²) >= 11 is 5.94. The molecule has 1 aliphatic rings. The average molecular weight is 290 g/mol. The molecule has 0 bridgehead atoms. The van der Waals surface area contributed by atoms with Crippen LogP contribution in [0.1, 0.15) is 23.3 Å². The quantitative estimate of drug-likeness (QED) is 0.908. The average Bonchev–Trinajstić information content (AvgIpc) is 3.28. The number of nitrogens with zero attached hydrogens (tertiary/aromatic N) is 1. The van der Waals surface area contributed by atoms with Crippen molar-refractivity contribution in [2.45, 2.75) is 18.9 Å². The smallest absolute Gasteiger partial charge is 0.269 e. The van der Waals surface area contributed by atoms with Crippen LogP contribution < -0.4 is 11.1 Å². The predicted octanol–water partition coefficient (Wildman–Crippen LogP) is 2.36. The molecule has 0 spiro atoms. The zero-order valence-electron chi connectivity index (χ0n) is 11.0. The van der Waals surface area contributed by atoms with E-state index in [0.29, 0.717) is 23.2 Å². The Kier molecular flexibility index (Phi) is 3.59. The maximum absolute atomic E-state index is 12.1. The number of hydrogen-bond acceptors (Lipinski definition) is 3. The van der Waals surface area contributed by atoms with Crippen LogP contribution in [0.15, 0.2) is 30.3 Å². The molecule has 3 N–H and O–H groups in total. The summed E-state index contributed by atoms with van der Waals surface area (Å²) in [6.45, 7) is 0.499. The molecule has 1 saturated carbocycles. The fraction of sp³-hybridized carbons (Fsp3) is 0.333. The van der Waals surface area contributed by atoms with Crippen LogP contribution in [0, 0.1) is 5.92 Å². The second-order valence-corrected chi connectivity index (χ2v) is 5.68. The third kappa shape index (κ3) is 2.92. The SMILES string of the molecule is NC(CNC(=O)c1ccc2ccc(Cl)cc2n1)C1CC1. The summed E-state index contributed by atoms with van der Waals surface area (Å²) in [6, 6.07) is 9.08. The van der Waals surface area contributed by atoms with E-state index in [4.69, 9.17) is 17.3 Å². The van der Waals surface area contributed by atoms with Crippen LogP contribution in [-0.2, 0) is 0 Å². The third-order valence-corrected chi connectivity index (χ3v) is 3.85. The van der Waals surface area contributed by atoms with E-state index in [1.54, 1.807) is 18.2 Å². The van der Waals surface area contributed by atoms with Crippen LogP contribution in [-0.4, -0.2) is 23.5 Å². The Bertz CT molecular complexity index is 655. The van der Waals surface area contributed by atoms with Crippen molar-refractivity contribution in [3.8, 4) is 0 Å². The molecule has 1 amide bonds. The van der Waals surface area contributed by atoms with E-state index in [1.165, 1.54) is 12.8 Å². The minimum Gasteiger partial charge on any atom is -0.349 e. The normalized spacial score (nSPS) is 16.1. The van der Waals surface area contributed by atoms with Crippen LogP contribution in [0.4, 0.5) is 0 Å². The maximum atomic E-state index is 12.1. The van der Waals surface area contributed by atoms with Crippen molar-refractivity contribution >= 4 is 28.4 Å². The van der Waals surface area contributed by atoms with Gasteiger partial charge in [-0.3, -0.25) is 4.79 Å². The van der Waals surface area contributed by atoms with Crippen molar-refractivity contribution in [1.29, 1.82) is 0 Å². The second-order valence-electron chi connectivity index (χ2n) is 5.24. The van der Waals surface area contributed by atoms with Crippen molar-refractivity contribution in [2.75, 3.05) is 6.54 Å². The number of carbonyl (C=O) groups is 1. The van der Waals surface area contributed by atoms with Crippen molar-refractivity contribution in [1.82, 2.24) is 10.3 Å². The molecule has 20 heavy (non-hydrogen) atoms.